The Hall–Kier alpha value is -2.12. The van der Waals surface area contributed by atoms with Gasteiger partial charge < -0.3 is 9.84 Å². The molecule has 0 unspecified atom stereocenters. The Bertz CT molecular complexity index is 862. The first kappa shape index (κ1) is 15.8. The summed E-state index contributed by atoms with van der Waals surface area (Å²) in [6.45, 7) is 0.222. The van der Waals surface area contributed by atoms with Crippen LogP contribution in [0, 0.1) is 0 Å². The minimum Gasteiger partial charge on any atom is -0.496 e. The first-order valence-corrected chi connectivity index (χ1v) is 8.71. The van der Waals surface area contributed by atoms with Gasteiger partial charge in [0.15, 0.2) is 0 Å². The molecule has 1 N–H and O–H groups in total. The van der Waals surface area contributed by atoms with Gasteiger partial charge in [0.05, 0.1) is 12.0 Å². The second kappa shape index (κ2) is 5.82. The van der Waals surface area contributed by atoms with Gasteiger partial charge in [-0.05, 0) is 25.0 Å². The molecule has 2 aromatic carbocycles. The summed E-state index contributed by atoms with van der Waals surface area (Å²) < 4.78 is 32.3. The van der Waals surface area contributed by atoms with E-state index in [1.807, 2.05) is 0 Å². The third kappa shape index (κ3) is 2.55. The van der Waals surface area contributed by atoms with Crippen molar-refractivity contribution < 1.29 is 23.1 Å². The zero-order valence-electron chi connectivity index (χ0n) is 12.6. The van der Waals surface area contributed by atoms with Crippen molar-refractivity contribution in [1.82, 2.24) is 4.31 Å². The number of hydrogen-bond donors (Lipinski definition) is 1. The van der Waals surface area contributed by atoms with Gasteiger partial charge in [0.2, 0.25) is 10.0 Å². The van der Waals surface area contributed by atoms with Crippen molar-refractivity contribution in [1.29, 1.82) is 0 Å². The fourth-order valence-corrected chi connectivity index (χ4v) is 4.90. The Morgan fingerprint density at radius 3 is 2.57 bits per heavy atom. The topological polar surface area (TPSA) is 83.9 Å². The minimum atomic E-state index is -3.89. The van der Waals surface area contributed by atoms with Crippen molar-refractivity contribution in [3.05, 3.63) is 36.4 Å². The van der Waals surface area contributed by atoms with Gasteiger partial charge in [-0.2, -0.15) is 4.31 Å². The lowest BCUT2D eigenvalue weighted by atomic mass is 10.1. The van der Waals surface area contributed by atoms with E-state index in [0.29, 0.717) is 29.4 Å². The highest BCUT2D eigenvalue weighted by atomic mass is 32.2. The van der Waals surface area contributed by atoms with Crippen molar-refractivity contribution in [2.45, 2.75) is 23.8 Å². The third-order valence-electron chi connectivity index (χ3n) is 4.14. The summed E-state index contributed by atoms with van der Waals surface area (Å²) in [5, 5.41) is 10.5. The number of fused-ring (bicyclic) bond motifs is 1. The van der Waals surface area contributed by atoms with E-state index < -0.39 is 22.0 Å². The molecule has 1 aliphatic rings. The molecule has 1 heterocycles. The van der Waals surface area contributed by atoms with Gasteiger partial charge in [0.1, 0.15) is 11.8 Å². The number of rotatable bonds is 4. The van der Waals surface area contributed by atoms with Crippen molar-refractivity contribution in [3.8, 4) is 5.75 Å². The summed E-state index contributed by atoms with van der Waals surface area (Å²) in [7, 11) is -2.36. The molecule has 122 valence electrons. The van der Waals surface area contributed by atoms with Crippen molar-refractivity contribution in [2.24, 2.45) is 0 Å². The van der Waals surface area contributed by atoms with E-state index in [4.69, 9.17) is 4.74 Å². The van der Waals surface area contributed by atoms with Crippen LogP contribution in [0.2, 0.25) is 0 Å². The summed E-state index contributed by atoms with van der Waals surface area (Å²) in [5.41, 5.74) is 0. The predicted molar refractivity (Wildman–Crippen MR) is 85.0 cm³/mol. The van der Waals surface area contributed by atoms with Crippen LogP contribution in [0.5, 0.6) is 5.75 Å². The first-order valence-electron chi connectivity index (χ1n) is 7.27. The van der Waals surface area contributed by atoms with Crippen LogP contribution in [0.1, 0.15) is 12.8 Å². The van der Waals surface area contributed by atoms with Gasteiger partial charge in [-0.15, -0.1) is 0 Å². The molecule has 2 aromatic rings. The lowest BCUT2D eigenvalue weighted by molar-refractivity contribution is -0.140. The summed E-state index contributed by atoms with van der Waals surface area (Å²) >= 11 is 0. The smallest absolute Gasteiger partial charge is 0.322 e. The van der Waals surface area contributed by atoms with Crippen molar-refractivity contribution in [3.63, 3.8) is 0 Å². The van der Waals surface area contributed by atoms with Gasteiger partial charge in [-0.3, -0.25) is 4.79 Å². The molecular formula is C16H17NO5S. The van der Waals surface area contributed by atoms with Gasteiger partial charge in [-0.1, -0.05) is 24.3 Å². The average molecular weight is 335 g/mol. The number of aliphatic carboxylic acids is 1. The fourth-order valence-electron chi connectivity index (χ4n) is 3.05. The maximum absolute atomic E-state index is 13.0. The first-order chi connectivity index (χ1) is 11.0. The van der Waals surface area contributed by atoms with Crippen LogP contribution in [0.3, 0.4) is 0 Å². The highest BCUT2D eigenvalue weighted by Gasteiger charge is 2.40. The summed E-state index contributed by atoms with van der Waals surface area (Å²) in [5.74, 6) is -0.528. The van der Waals surface area contributed by atoms with E-state index in [0.717, 1.165) is 4.31 Å². The van der Waals surface area contributed by atoms with Gasteiger partial charge in [0.25, 0.3) is 0 Å². The molecule has 1 fully saturated rings. The number of benzene rings is 2. The molecule has 0 radical (unpaired) electrons. The lowest BCUT2D eigenvalue weighted by Crippen LogP contribution is -2.40. The zero-order chi connectivity index (χ0) is 16.6. The molecule has 0 bridgehead atoms. The molecule has 1 saturated heterocycles. The van der Waals surface area contributed by atoms with Crippen LogP contribution < -0.4 is 4.74 Å². The van der Waals surface area contributed by atoms with E-state index in [2.05, 4.69) is 0 Å². The van der Waals surface area contributed by atoms with E-state index in [1.165, 1.54) is 13.2 Å². The molecule has 1 aliphatic heterocycles. The zero-order valence-corrected chi connectivity index (χ0v) is 13.4. The number of sulfonamides is 1. The quantitative estimate of drug-likeness (QED) is 0.925. The van der Waals surface area contributed by atoms with Crippen LogP contribution in [0.4, 0.5) is 0 Å². The largest absolute Gasteiger partial charge is 0.496 e. The number of carboxylic acid groups (broad SMARTS) is 1. The highest BCUT2D eigenvalue weighted by Crippen LogP contribution is 2.34. The monoisotopic (exact) mass is 335 g/mol. The number of ether oxygens (including phenoxy) is 1. The van der Waals surface area contributed by atoms with Crippen LogP contribution in [-0.2, 0) is 14.8 Å². The van der Waals surface area contributed by atoms with E-state index in [9.17, 15) is 18.3 Å². The van der Waals surface area contributed by atoms with Crippen LogP contribution in [-0.4, -0.2) is 43.5 Å². The van der Waals surface area contributed by atoms with E-state index >= 15 is 0 Å². The minimum absolute atomic E-state index is 0.113. The summed E-state index contributed by atoms with van der Waals surface area (Å²) in [6.07, 6.45) is 0.882. The Morgan fingerprint density at radius 2 is 1.91 bits per heavy atom. The number of carboxylic acids is 1. The molecule has 7 heteroatoms. The Morgan fingerprint density at radius 1 is 1.22 bits per heavy atom. The number of nitrogens with zero attached hydrogens (tertiary/aromatic N) is 1. The highest BCUT2D eigenvalue weighted by molar-refractivity contribution is 7.89. The molecule has 0 saturated carbocycles. The summed E-state index contributed by atoms with van der Waals surface area (Å²) in [4.78, 5) is 11.4. The number of methoxy groups -OCH3 is 1. The molecule has 0 amide bonds. The molecule has 3 rings (SSSR count). The van der Waals surface area contributed by atoms with Crippen molar-refractivity contribution in [2.75, 3.05) is 13.7 Å². The lowest BCUT2D eigenvalue weighted by Gasteiger charge is -2.22. The molecular weight excluding hydrogens is 318 g/mol. The van der Waals surface area contributed by atoms with Crippen LogP contribution in [0.25, 0.3) is 10.8 Å². The molecule has 0 aliphatic carbocycles. The second-order valence-corrected chi connectivity index (χ2v) is 7.28. The summed E-state index contributed by atoms with van der Waals surface area (Å²) in [6, 6.07) is 9.12. The third-order valence-corrected chi connectivity index (χ3v) is 6.11. The van der Waals surface area contributed by atoms with Crippen LogP contribution >= 0.6 is 0 Å². The standard InChI is InChI=1S/C16H17NO5S/c1-22-14-8-9-15(12-6-3-2-5-11(12)14)23(20,21)17-10-4-7-13(17)16(18)19/h2-3,5-6,8-9,13H,4,7,10H2,1H3,(H,18,19)/t13-/m1/s1. The molecule has 23 heavy (non-hydrogen) atoms. The fraction of sp³-hybridized carbons (Fsp3) is 0.312. The molecule has 1 atom stereocenters. The Kier molecular flexibility index (Phi) is 3.99. The van der Waals surface area contributed by atoms with Gasteiger partial charge in [0, 0.05) is 17.3 Å². The SMILES string of the molecule is COc1ccc(S(=O)(=O)N2CCC[C@@H]2C(=O)O)c2ccccc12. The maximum atomic E-state index is 13.0. The van der Waals surface area contributed by atoms with Crippen LogP contribution in [0.15, 0.2) is 41.3 Å². The van der Waals surface area contributed by atoms with E-state index in [-0.39, 0.29) is 11.4 Å². The molecule has 0 aromatic heterocycles. The molecule has 0 spiro atoms. The van der Waals surface area contributed by atoms with Crippen molar-refractivity contribution >= 4 is 26.8 Å². The molecule has 6 nitrogen and oxygen atoms in total. The normalized spacial score (nSPS) is 19.1. The van der Waals surface area contributed by atoms with E-state index in [1.54, 1.807) is 30.3 Å². The van der Waals surface area contributed by atoms with Gasteiger partial charge in [-0.25, -0.2) is 8.42 Å². The average Bonchev–Trinajstić information content (AvgIpc) is 3.04. The number of carbonyl (C=O) groups is 1. The predicted octanol–water partition coefficient (Wildman–Crippen LogP) is 2.09. The Labute approximate surface area is 134 Å². The van der Waals surface area contributed by atoms with Gasteiger partial charge >= 0.3 is 5.97 Å². The Balaban J connectivity index is 2.18. The maximum Gasteiger partial charge on any atom is 0.322 e. The second-order valence-electron chi connectivity index (χ2n) is 5.42. The number of hydrogen-bond acceptors (Lipinski definition) is 4.